The highest BCUT2D eigenvalue weighted by Crippen LogP contribution is 2.41. The van der Waals surface area contributed by atoms with E-state index in [4.69, 9.17) is 0 Å². The van der Waals surface area contributed by atoms with Crippen LogP contribution in [0.5, 0.6) is 0 Å². The lowest BCUT2D eigenvalue weighted by molar-refractivity contribution is 0.839. The van der Waals surface area contributed by atoms with Crippen LogP contribution in [0.4, 0.5) is 0 Å². The molecule has 2 aromatic rings. The van der Waals surface area contributed by atoms with Gasteiger partial charge in [-0.2, -0.15) is 0 Å². The van der Waals surface area contributed by atoms with Gasteiger partial charge >= 0.3 is 0 Å². The Balaban J connectivity index is 2.29. The molecule has 1 aromatic carbocycles. The molecule has 3 nitrogen and oxygen atoms in total. The standard InChI is InChI=1S/C10H9N3S/c1-7-10-12-11-6-13(10)8-4-2-3-5-9(8)14-7/h2-7H,1H3. The lowest BCUT2D eigenvalue weighted by Gasteiger charge is -2.21. The molecule has 0 bridgehead atoms. The van der Waals surface area contributed by atoms with Crippen LogP contribution in [0.15, 0.2) is 35.5 Å². The van der Waals surface area contributed by atoms with Crippen LogP contribution in [-0.2, 0) is 0 Å². The van der Waals surface area contributed by atoms with Crippen LogP contribution in [0.3, 0.4) is 0 Å². The van der Waals surface area contributed by atoms with Gasteiger partial charge in [0.15, 0.2) is 5.82 Å². The number of para-hydroxylation sites is 1. The van der Waals surface area contributed by atoms with Gasteiger partial charge in [0.2, 0.25) is 0 Å². The molecule has 0 saturated heterocycles. The largest absolute Gasteiger partial charge is 0.284 e. The van der Waals surface area contributed by atoms with Crippen LogP contribution in [0.1, 0.15) is 18.0 Å². The van der Waals surface area contributed by atoms with Crippen LogP contribution in [0.2, 0.25) is 0 Å². The van der Waals surface area contributed by atoms with Gasteiger partial charge in [-0.1, -0.05) is 12.1 Å². The highest BCUT2D eigenvalue weighted by atomic mass is 32.2. The highest BCUT2D eigenvalue weighted by Gasteiger charge is 2.22. The summed E-state index contributed by atoms with van der Waals surface area (Å²) in [6.45, 7) is 2.15. The summed E-state index contributed by atoms with van der Waals surface area (Å²) in [6, 6.07) is 8.34. The fraction of sp³-hybridized carbons (Fsp3) is 0.200. The van der Waals surface area contributed by atoms with E-state index < -0.39 is 0 Å². The topological polar surface area (TPSA) is 30.7 Å². The molecule has 1 aliphatic heterocycles. The van der Waals surface area contributed by atoms with Crippen molar-refractivity contribution in [2.75, 3.05) is 0 Å². The molecule has 0 N–H and O–H groups in total. The zero-order chi connectivity index (χ0) is 9.54. The van der Waals surface area contributed by atoms with Crippen LogP contribution in [0, 0.1) is 0 Å². The third kappa shape index (κ3) is 1.00. The van der Waals surface area contributed by atoms with E-state index in [1.54, 1.807) is 6.33 Å². The lowest BCUT2D eigenvalue weighted by atomic mass is 10.3. The van der Waals surface area contributed by atoms with E-state index in [9.17, 15) is 0 Å². The predicted molar refractivity (Wildman–Crippen MR) is 55.6 cm³/mol. The SMILES string of the molecule is CC1Sc2ccccc2-n2cnnc21. The second-order valence-corrected chi connectivity index (χ2v) is 4.67. The zero-order valence-electron chi connectivity index (χ0n) is 7.71. The molecule has 1 aromatic heterocycles. The summed E-state index contributed by atoms with van der Waals surface area (Å²) in [5.41, 5.74) is 1.19. The van der Waals surface area contributed by atoms with Crippen molar-refractivity contribution in [2.24, 2.45) is 0 Å². The van der Waals surface area contributed by atoms with Crippen molar-refractivity contribution >= 4 is 11.8 Å². The van der Waals surface area contributed by atoms with Crippen molar-refractivity contribution in [1.82, 2.24) is 14.8 Å². The van der Waals surface area contributed by atoms with Crippen molar-refractivity contribution < 1.29 is 0 Å². The number of rotatable bonds is 0. The second kappa shape index (κ2) is 2.85. The maximum atomic E-state index is 4.13. The fourth-order valence-corrected chi connectivity index (χ4v) is 2.80. The molecule has 14 heavy (non-hydrogen) atoms. The molecule has 0 spiro atoms. The number of benzene rings is 1. The van der Waals surface area contributed by atoms with Gasteiger partial charge in [-0.15, -0.1) is 22.0 Å². The summed E-state index contributed by atoms with van der Waals surface area (Å²) < 4.78 is 2.07. The van der Waals surface area contributed by atoms with Crippen molar-refractivity contribution in [3.05, 3.63) is 36.4 Å². The molecular formula is C10H9N3S. The Morgan fingerprint density at radius 2 is 2.21 bits per heavy atom. The number of nitrogens with zero attached hydrogens (tertiary/aromatic N) is 3. The number of hydrogen-bond donors (Lipinski definition) is 0. The van der Waals surface area contributed by atoms with Crippen LogP contribution >= 0.6 is 11.8 Å². The van der Waals surface area contributed by atoms with Gasteiger partial charge in [-0.25, -0.2) is 0 Å². The molecule has 0 fully saturated rings. The zero-order valence-corrected chi connectivity index (χ0v) is 8.53. The Morgan fingerprint density at radius 3 is 3.14 bits per heavy atom. The number of thioether (sulfide) groups is 1. The Labute approximate surface area is 86.2 Å². The van der Waals surface area contributed by atoms with E-state index in [0.29, 0.717) is 5.25 Å². The molecule has 70 valence electrons. The third-order valence-electron chi connectivity index (χ3n) is 2.37. The van der Waals surface area contributed by atoms with Crippen LogP contribution in [-0.4, -0.2) is 14.8 Å². The molecule has 3 rings (SSSR count). The van der Waals surface area contributed by atoms with E-state index in [2.05, 4.69) is 39.9 Å². The molecule has 0 aliphatic carbocycles. The normalized spacial score (nSPS) is 18.8. The quantitative estimate of drug-likeness (QED) is 0.659. The first kappa shape index (κ1) is 8.05. The molecular weight excluding hydrogens is 194 g/mol. The lowest BCUT2D eigenvalue weighted by Crippen LogP contribution is -2.08. The van der Waals surface area contributed by atoms with Gasteiger partial charge in [0.25, 0.3) is 0 Å². The molecule has 1 atom stereocenters. The second-order valence-electron chi connectivity index (χ2n) is 3.29. The van der Waals surface area contributed by atoms with E-state index in [1.807, 2.05) is 17.8 Å². The first-order valence-electron chi connectivity index (χ1n) is 4.52. The number of hydrogen-bond acceptors (Lipinski definition) is 3. The summed E-state index contributed by atoms with van der Waals surface area (Å²) >= 11 is 1.84. The predicted octanol–water partition coefficient (Wildman–Crippen LogP) is 2.43. The minimum atomic E-state index is 0.382. The fourth-order valence-electron chi connectivity index (χ4n) is 1.71. The van der Waals surface area contributed by atoms with Crippen molar-refractivity contribution in [1.29, 1.82) is 0 Å². The van der Waals surface area contributed by atoms with Crippen molar-refractivity contribution in [3.63, 3.8) is 0 Å². The summed E-state index contributed by atoms with van der Waals surface area (Å²) in [7, 11) is 0. The van der Waals surface area contributed by atoms with Gasteiger partial charge in [0.05, 0.1) is 10.9 Å². The number of aromatic nitrogens is 3. The Kier molecular flexibility index (Phi) is 1.64. The van der Waals surface area contributed by atoms with E-state index >= 15 is 0 Å². The van der Waals surface area contributed by atoms with Gasteiger partial charge in [0, 0.05) is 4.90 Å². The first-order chi connectivity index (χ1) is 6.86. The molecule has 0 amide bonds. The van der Waals surface area contributed by atoms with E-state index in [1.165, 1.54) is 10.6 Å². The summed E-state index contributed by atoms with van der Waals surface area (Å²) in [5.74, 6) is 1.04. The van der Waals surface area contributed by atoms with E-state index in [0.717, 1.165) is 5.82 Å². The van der Waals surface area contributed by atoms with Crippen molar-refractivity contribution in [2.45, 2.75) is 17.1 Å². The molecule has 0 saturated carbocycles. The van der Waals surface area contributed by atoms with Crippen LogP contribution in [0.25, 0.3) is 5.69 Å². The van der Waals surface area contributed by atoms with Crippen molar-refractivity contribution in [3.8, 4) is 5.69 Å². The van der Waals surface area contributed by atoms with Gasteiger partial charge in [0.1, 0.15) is 6.33 Å². The molecule has 4 heteroatoms. The van der Waals surface area contributed by atoms with Gasteiger partial charge in [-0.3, -0.25) is 4.57 Å². The monoisotopic (exact) mass is 203 g/mol. The Hall–Kier alpha value is -1.29. The Bertz CT molecular complexity index is 478. The molecule has 1 unspecified atom stereocenters. The third-order valence-corrected chi connectivity index (χ3v) is 3.53. The Morgan fingerprint density at radius 1 is 1.36 bits per heavy atom. The molecule has 1 aliphatic rings. The molecule has 0 radical (unpaired) electrons. The highest BCUT2D eigenvalue weighted by molar-refractivity contribution is 7.99. The van der Waals surface area contributed by atoms with Crippen LogP contribution < -0.4 is 0 Å². The summed E-state index contributed by atoms with van der Waals surface area (Å²) in [5, 5.41) is 8.46. The molecule has 2 heterocycles. The average Bonchev–Trinajstić information content (AvgIpc) is 2.67. The minimum absolute atomic E-state index is 0.382. The first-order valence-corrected chi connectivity index (χ1v) is 5.40. The average molecular weight is 203 g/mol. The summed E-state index contributed by atoms with van der Waals surface area (Å²) in [6.07, 6.45) is 1.78. The van der Waals surface area contributed by atoms with Gasteiger partial charge < -0.3 is 0 Å². The minimum Gasteiger partial charge on any atom is -0.284 e. The maximum absolute atomic E-state index is 4.13. The summed E-state index contributed by atoms with van der Waals surface area (Å²) in [4.78, 5) is 1.30. The number of fused-ring (bicyclic) bond motifs is 3. The van der Waals surface area contributed by atoms with E-state index in [-0.39, 0.29) is 0 Å². The maximum Gasteiger partial charge on any atom is 0.150 e. The smallest absolute Gasteiger partial charge is 0.150 e. The van der Waals surface area contributed by atoms with Gasteiger partial charge in [-0.05, 0) is 19.1 Å².